The summed E-state index contributed by atoms with van der Waals surface area (Å²) in [6.07, 6.45) is 2.86. The smallest absolute Gasteiger partial charge is 0.148 e. The number of fused-ring (bicyclic) bond motifs is 1. The van der Waals surface area contributed by atoms with Crippen molar-refractivity contribution in [2.24, 2.45) is 0 Å². The minimum atomic E-state index is -2.94. The molecule has 3 aromatic rings. The maximum atomic E-state index is 11.1. The van der Waals surface area contributed by atoms with Crippen LogP contribution in [0.2, 0.25) is 0 Å². The Morgan fingerprint density at radius 1 is 1.28 bits per heavy atom. The number of pyridine rings is 1. The van der Waals surface area contributed by atoms with Crippen molar-refractivity contribution >= 4 is 37.8 Å². The normalized spacial score (nSPS) is 11.4. The fraction of sp³-hybridized carbons (Fsp3) is 0.250. The molecule has 0 spiro atoms. The summed E-state index contributed by atoms with van der Waals surface area (Å²) in [5.41, 5.74) is 11.0. The molecule has 2 heterocycles. The third-order valence-electron chi connectivity index (χ3n) is 3.51. The van der Waals surface area contributed by atoms with E-state index < -0.39 is 9.84 Å². The van der Waals surface area contributed by atoms with E-state index in [0.29, 0.717) is 18.8 Å². The molecule has 2 N–H and O–H groups in total. The molecule has 0 aliphatic rings. The summed E-state index contributed by atoms with van der Waals surface area (Å²) in [5.74, 6) is 0.120. The maximum Gasteiger partial charge on any atom is 0.148 e. The quantitative estimate of drug-likeness (QED) is 0.440. The van der Waals surface area contributed by atoms with Gasteiger partial charge in [-0.1, -0.05) is 12.1 Å². The van der Waals surface area contributed by atoms with Crippen molar-refractivity contribution in [2.75, 3.05) is 18.6 Å². The molecule has 0 unspecified atom stereocenters. The third kappa shape index (κ3) is 5.50. The Morgan fingerprint density at radius 2 is 2.08 bits per heavy atom. The first-order chi connectivity index (χ1) is 11.4. The average Bonchev–Trinajstić information content (AvgIpc) is 3.00. The minimum absolute atomic E-state index is 0. The Morgan fingerprint density at radius 3 is 2.84 bits per heavy atom. The summed E-state index contributed by atoms with van der Waals surface area (Å²) in [6.45, 7) is 0.955. The summed E-state index contributed by atoms with van der Waals surface area (Å²) in [4.78, 5) is 8.83. The molecular weight excluding hydrogens is 582 g/mol. The minimum Gasteiger partial charge on any atom is -0.698 e. The van der Waals surface area contributed by atoms with Crippen LogP contribution >= 0.6 is 11.3 Å². The fourth-order valence-electron chi connectivity index (χ4n) is 2.28. The van der Waals surface area contributed by atoms with E-state index in [1.54, 1.807) is 12.3 Å². The predicted octanol–water partition coefficient (Wildman–Crippen LogP) is 3.18. The number of aromatic nitrogens is 2. The second kappa shape index (κ2) is 8.60. The van der Waals surface area contributed by atoms with Crippen LogP contribution in [0.4, 0.5) is 5.69 Å². The molecule has 0 saturated heterocycles. The van der Waals surface area contributed by atoms with Crippen molar-refractivity contribution in [3.63, 3.8) is 0 Å². The molecule has 0 amide bonds. The Kier molecular flexibility index (Phi) is 7.00. The van der Waals surface area contributed by atoms with Crippen LogP contribution in [0.5, 0.6) is 0 Å². The molecule has 0 saturated carbocycles. The van der Waals surface area contributed by atoms with Gasteiger partial charge in [0.15, 0.2) is 0 Å². The summed E-state index contributed by atoms with van der Waals surface area (Å²) >= 11 is 1.53. The van der Waals surface area contributed by atoms with Crippen LogP contribution in [0.25, 0.3) is 27.9 Å². The van der Waals surface area contributed by atoms with Gasteiger partial charge in [0.25, 0.3) is 0 Å². The van der Waals surface area contributed by atoms with Crippen LogP contribution in [0.3, 0.4) is 0 Å². The average molecular weight is 600 g/mol. The monoisotopic (exact) mass is 599 g/mol. The van der Waals surface area contributed by atoms with Gasteiger partial charge in [0.05, 0.1) is 17.0 Å². The topological polar surface area (TPSA) is 95.8 Å². The van der Waals surface area contributed by atoms with Crippen molar-refractivity contribution in [3.05, 3.63) is 46.6 Å². The SMILES string of the molecule is CS(=O)(=O)CCNCc1nc(-c2ccc3nccc([NH-])c3c2)cs1.[U]. The molecule has 1 aromatic carbocycles. The Labute approximate surface area is 174 Å². The summed E-state index contributed by atoms with van der Waals surface area (Å²) in [6, 6.07) is 7.45. The number of nitrogens with one attached hydrogen (secondary N) is 2. The first-order valence-corrected chi connectivity index (χ1v) is 10.3. The van der Waals surface area contributed by atoms with E-state index in [1.807, 2.05) is 23.6 Å². The largest absolute Gasteiger partial charge is 0.698 e. The van der Waals surface area contributed by atoms with Crippen LogP contribution in [0.1, 0.15) is 5.01 Å². The number of rotatable bonds is 6. The van der Waals surface area contributed by atoms with E-state index in [-0.39, 0.29) is 36.9 Å². The molecule has 0 atom stereocenters. The molecule has 0 bridgehead atoms. The van der Waals surface area contributed by atoms with E-state index in [1.165, 1.54) is 17.6 Å². The fourth-order valence-corrected chi connectivity index (χ4v) is 3.57. The second-order valence-corrected chi connectivity index (χ2v) is 8.73. The van der Waals surface area contributed by atoms with Crippen LogP contribution in [0.15, 0.2) is 35.8 Å². The van der Waals surface area contributed by atoms with Gasteiger partial charge in [0.2, 0.25) is 0 Å². The predicted molar refractivity (Wildman–Crippen MR) is 98.3 cm³/mol. The van der Waals surface area contributed by atoms with Gasteiger partial charge in [-0.3, -0.25) is 4.98 Å². The van der Waals surface area contributed by atoms with Crippen LogP contribution in [-0.2, 0) is 16.4 Å². The molecule has 0 aliphatic heterocycles. The molecule has 9 heteroatoms. The molecule has 130 valence electrons. The summed E-state index contributed by atoms with van der Waals surface area (Å²) in [7, 11) is -2.94. The molecule has 0 fully saturated rings. The Bertz CT molecular complexity index is 973. The van der Waals surface area contributed by atoms with Crippen LogP contribution < -0.4 is 5.32 Å². The number of hydrogen-bond acceptors (Lipinski definition) is 6. The van der Waals surface area contributed by atoms with Crippen molar-refractivity contribution < 1.29 is 39.5 Å². The molecule has 6 nitrogen and oxygen atoms in total. The van der Waals surface area contributed by atoms with E-state index in [0.717, 1.165) is 27.2 Å². The molecular formula is C16H17N4O2S2U-. The number of benzene rings is 1. The van der Waals surface area contributed by atoms with Crippen molar-refractivity contribution in [3.8, 4) is 11.3 Å². The van der Waals surface area contributed by atoms with Crippen molar-refractivity contribution in [1.29, 1.82) is 0 Å². The zero-order chi connectivity index (χ0) is 17.2. The van der Waals surface area contributed by atoms with E-state index >= 15 is 0 Å². The zero-order valence-corrected chi connectivity index (χ0v) is 19.4. The molecule has 0 radical (unpaired) electrons. The van der Waals surface area contributed by atoms with Gasteiger partial charge < -0.3 is 11.1 Å². The van der Waals surface area contributed by atoms with E-state index in [4.69, 9.17) is 5.73 Å². The van der Waals surface area contributed by atoms with Gasteiger partial charge in [-0.15, -0.1) is 17.0 Å². The van der Waals surface area contributed by atoms with Gasteiger partial charge in [-0.25, -0.2) is 13.4 Å². The van der Waals surface area contributed by atoms with Gasteiger partial charge in [-0.2, -0.15) is 0 Å². The van der Waals surface area contributed by atoms with Gasteiger partial charge in [0.1, 0.15) is 14.8 Å². The molecule has 0 aliphatic carbocycles. The van der Waals surface area contributed by atoms with E-state index in [9.17, 15) is 8.42 Å². The summed E-state index contributed by atoms with van der Waals surface area (Å²) < 4.78 is 22.2. The number of hydrogen-bond donors (Lipinski definition) is 1. The van der Waals surface area contributed by atoms with Gasteiger partial charge in [0, 0.05) is 67.6 Å². The van der Waals surface area contributed by atoms with Crippen molar-refractivity contribution in [2.45, 2.75) is 6.54 Å². The number of thiazole rings is 1. The standard InChI is InChI=1S/C16H17N4O2S2.U/c1-24(21,22)7-6-18-9-16-20-15(10-23-16)11-2-3-14-12(8-11)13(17)4-5-19-14;/h2-5,8,10,18H,6-7,9H2,1H3,(H-,17,19);/q-1;. The number of sulfone groups is 1. The van der Waals surface area contributed by atoms with E-state index in [2.05, 4.69) is 15.3 Å². The zero-order valence-electron chi connectivity index (χ0n) is 13.6. The first-order valence-electron chi connectivity index (χ1n) is 7.36. The third-order valence-corrected chi connectivity index (χ3v) is 5.31. The maximum absolute atomic E-state index is 11.1. The van der Waals surface area contributed by atoms with Crippen molar-refractivity contribution in [1.82, 2.24) is 15.3 Å². The second-order valence-electron chi connectivity index (χ2n) is 5.52. The Hall–Kier alpha value is -0.978. The van der Waals surface area contributed by atoms with Crippen LogP contribution in [-0.4, -0.2) is 36.9 Å². The van der Waals surface area contributed by atoms with Crippen LogP contribution in [0, 0.1) is 31.1 Å². The summed E-state index contributed by atoms with van der Waals surface area (Å²) in [5, 5.41) is 6.76. The first kappa shape index (κ1) is 20.3. The van der Waals surface area contributed by atoms with Gasteiger partial charge in [-0.05, 0) is 17.5 Å². The van der Waals surface area contributed by atoms with Gasteiger partial charge >= 0.3 is 0 Å². The molecule has 2 aromatic heterocycles. The molecule has 25 heavy (non-hydrogen) atoms. The molecule has 3 rings (SSSR count). The Balaban J connectivity index is 0.00000225. The number of nitrogens with zero attached hydrogens (tertiary/aromatic N) is 2.